The lowest BCUT2D eigenvalue weighted by atomic mass is 10.2. The number of rotatable bonds is 2. The van der Waals surface area contributed by atoms with Gasteiger partial charge in [-0.3, -0.25) is 0 Å². The van der Waals surface area contributed by atoms with Crippen molar-refractivity contribution in [3.63, 3.8) is 0 Å². The molecule has 0 aliphatic heterocycles. The zero-order valence-corrected chi connectivity index (χ0v) is 9.57. The summed E-state index contributed by atoms with van der Waals surface area (Å²) in [7, 11) is 0. The van der Waals surface area contributed by atoms with Crippen LogP contribution in [0.2, 0.25) is 5.28 Å². The molecule has 0 atom stereocenters. The molecule has 0 saturated heterocycles. The molecule has 2 rings (SSSR count). The molecular formula is C10H8ClFN4O. The number of hydrogen-bond donors (Lipinski definition) is 1. The van der Waals surface area contributed by atoms with Crippen LogP contribution in [0, 0.1) is 12.7 Å². The Kier molecular flexibility index (Phi) is 3.06. The molecule has 0 spiro atoms. The lowest BCUT2D eigenvalue weighted by Gasteiger charge is -2.06. The number of ether oxygens (including phenoxy) is 1. The summed E-state index contributed by atoms with van der Waals surface area (Å²) >= 11 is 5.57. The van der Waals surface area contributed by atoms with Crippen LogP contribution in [0.5, 0.6) is 11.8 Å². The van der Waals surface area contributed by atoms with Crippen molar-refractivity contribution in [3.05, 3.63) is 34.9 Å². The van der Waals surface area contributed by atoms with Gasteiger partial charge >= 0.3 is 6.01 Å². The van der Waals surface area contributed by atoms with Gasteiger partial charge in [-0.25, -0.2) is 4.39 Å². The number of aromatic nitrogens is 3. The second kappa shape index (κ2) is 4.50. The fraction of sp³-hybridized carbons (Fsp3) is 0.100. The molecule has 0 fully saturated rings. The topological polar surface area (TPSA) is 73.9 Å². The lowest BCUT2D eigenvalue weighted by Crippen LogP contribution is -2.01. The van der Waals surface area contributed by atoms with Crippen LogP contribution >= 0.6 is 11.6 Å². The van der Waals surface area contributed by atoms with Crippen molar-refractivity contribution in [2.24, 2.45) is 0 Å². The molecular weight excluding hydrogens is 247 g/mol. The van der Waals surface area contributed by atoms with Gasteiger partial charge in [-0.05, 0) is 36.2 Å². The fourth-order valence-corrected chi connectivity index (χ4v) is 1.34. The first-order valence-electron chi connectivity index (χ1n) is 4.65. The average molecular weight is 255 g/mol. The first-order valence-corrected chi connectivity index (χ1v) is 5.03. The van der Waals surface area contributed by atoms with E-state index in [0.717, 1.165) is 5.56 Å². The third kappa shape index (κ3) is 2.79. The Bertz CT molecular complexity index is 544. The molecule has 1 aromatic carbocycles. The highest BCUT2D eigenvalue weighted by molar-refractivity contribution is 6.28. The maximum Gasteiger partial charge on any atom is 0.328 e. The summed E-state index contributed by atoms with van der Waals surface area (Å²) < 4.78 is 18.5. The summed E-state index contributed by atoms with van der Waals surface area (Å²) in [4.78, 5) is 10.9. The van der Waals surface area contributed by atoms with Crippen LogP contribution in [0.1, 0.15) is 5.56 Å². The number of halogens is 2. The predicted molar refractivity (Wildman–Crippen MR) is 60.5 cm³/mol. The summed E-state index contributed by atoms with van der Waals surface area (Å²) in [6.45, 7) is 1.81. The van der Waals surface area contributed by atoms with Gasteiger partial charge in [0.15, 0.2) is 11.6 Å². The van der Waals surface area contributed by atoms with E-state index in [-0.39, 0.29) is 23.0 Å². The molecule has 0 amide bonds. The molecule has 0 aliphatic carbocycles. The fourth-order valence-electron chi connectivity index (χ4n) is 1.18. The second-order valence-electron chi connectivity index (χ2n) is 3.28. The van der Waals surface area contributed by atoms with Crippen LogP contribution < -0.4 is 10.5 Å². The molecule has 0 aliphatic rings. The van der Waals surface area contributed by atoms with Crippen molar-refractivity contribution in [1.82, 2.24) is 15.0 Å². The Morgan fingerprint density at radius 3 is 2.76 bits per heavy atom. The van der Waals surface area contributed by atoms with Crippen molar-refractivity contribution in [2.75, 3.05) is 5.73 Å². The Labute approximate surface area is 101 Å². The van der Waals surface area contributed by atoms with E-state index in [2.05, 4.69) is 15.0 Å². The van der Waals surface area contributed by atoms with Gasteiger partial charge in [0.05, 0.1) is 0 Å². The molecule has 1 aromatic heterocycles. The monoisotopic (exact) mass is 254 g/mol. The van der Waals surface area contributed by atoms with Crippen molar-refractivity contribution < 1.29 is 9.13 Å². The minimum atomic E-state index is -0.522. The van der Waals surface area contributed by atoms with Crippen LogP contribution in [0.4, 0.5) is 10.3 Å². The largest absolute Gasteiger partial charge is 0.421 e. The van der Waals surface area contributed by atoms with Gasteiger partial charge in [0.25, 0.3) is 0 Å². The Morgan fingerprint density at radius 1 is 1.29 bits per heavy atom. The molecule has 17 heavy (non-hydrogen) atoms. The average Bonchev–Trinajstić information content (AvgIpc) is 2.22. The summed E-state index contributed by atoms with van der Waals surface area (Å²) in [5.74, 6) is -0.606. The van der Waals surface area contributed by atoms with E-state index in [1.54, 1.807) is 13.0 Å². The number of aryl methyl sites for hydroxylation is 1. The van der Waals surface area contributed by atoms with Crippen molar-refractivity contribution in [1.29, 1.82) is 0 Å². The van der Waals surface area contributed by atoms with E-state index in [0.29, 0.717) is 0 Å². The van der Waals surface area contributed by atoms with E-state index >= 15 is 0 Å². The maximum absolute atomic E-state index is 13.4. The van der Waals surface area contributed by atoms with E-state index in [1.165, 1.54) is 12.1 Å². The highest BCUT2D eigenvalue weighted by Gasteiger charge is 2.09. The van der Waals surface area contributed by atoms with Crippen LogP contribution in [-0.4, -0.2) is 15.0 Å². The molecule has 0 unspecified atom stereocenters. The molecule has 0 saturated carbocycles. The standard InChI is InChI=1S/C10H8ClFN4O/c1-5-2-3-6(12)7(4-5)17-10-15-8(11)14-9(13)16-10/h2-4H,1H3,(H2,13,14,15,16). The van der Waals surface area contributed by atoms with Crippen molar-refractivity contribution in [3.8, 4) is 11.8 Å². The normalized spacial score (nSPS) is 10.3. The molecule has 0 bridgehead atoms. The van der Waals surface area contributed by atoms with Crippen molar-refractivity contribution in [2.45, 2.75) is 6.92 Å². The maximum atomic E-state index is 13.4. The zero-order valence-electron chi connectivity index (χ0n) is 8.82. The third-order valence-corrected chi connectivity index (χ3v) is 2.06. The number of benzene rings is 1. The van der Waals surface area contributed by atoms with Gasteiger partial charge in [-0.15, -0.1) is 0 Å². The second-order valence-corrected chi connectivity index (χ2v) is 3.62. The minimum Gasteiger partial charge on any atom is -0.421 e. The highest BCUT2D eigenvalue weighted by Crippen LogP contribution is 2.23. The van der Waals surface area contributed by atoms with E-state index in [1.807, 2.05) is 0 Å². The Balaban J connectivity index is 2.34. The van der Waals surface area contributed by atoms with Gasteiger partial charge in [0, 0.05) is 0 Å². The minimum absolute atomic E-state index is 0.00617. The van der Waals surface area contributed by atoms with Crippen LogP contribution in [-0.2, 0) is 0 Å². The van der Waals surface area contributed by atoms with Crippen LogP contribution in [0.25, 0.3) is 0 Å². The van der Waals surface area contributed by atoms with Crippen LogP contribution in [0.15, 0.2) is 18.2 Å². The highest BCUT2D eigenvalue weighted by atomic mass is 35.5. The number of nitrogens with two attached hydrogens (primary N) is 1. The first-order chi connectivity index (χ1) is 8.04. The van der Waals surface area contributed by atoms with Gasteiger partial charge in [-0.1, -0.05) is 6.07 Å². The van der Waals surface area contributed by atoms with Gasteiger partial charge in [0.2, 0.25) is 11.2 Å². The number of nitrogens with zero attached hydrogens (tertiary/aromatic N) is 3. The molecule has 7 heteroatoms. The number of anilines is 1. The Morgan fingerprint density at radius 2 is 2.06 bits per heavy atom. The lowest BCUT2D eigenvalue weighted by molar-refractivity contribution is 0.410. The molecule has 2 aromatic rings. The molecule has 88 valence electrons. The predicted octanol–water partition coefficient (Wildman–Crippen LogP) is 2.35. The smallest absolute Gasteiger partial charge is 0.328 e. The summed E-state index contributed by atoms with van der Waals surface area (Å²) in [6.07, 6.45) is 0. The zero-order chi connectivity index (χ0) is 12.4. The van der Waals surface area contributed by atoms with Gasteiger partial charge in [0.1, 0.15) is 0 Å². The molecule has 1 heterocycles. The third-order valence-electron chi connectivity index (χ3n) is 1.89. The number of hydrogen-bond acceptors (Lipinski definition) is 5. The quantitative estimate of drug-likeness (QED) is 0.890. The van der Waals surface area contributed by atoms with E-state index in [4.69, 9.17) is 22.1 Å². The van der Waals surface area contributed by atoms with E-state index < -0.39 is 5.82 Å². The first kappa shape index (κ1) is 11.5. The van der Waals surface area contributed by atoms with E-state index in [9.17, 15) is 4.39 Å². The summed E-state index contributed by atoms with van der Waals surface area (Å²) in [5, 5.41) is -0.111. The van der Waals surface area contributed by atoms with Gasteiger partial charge in [-0.2, -0.15) is 15.0 Å². The van der Waals surface area contributed by atoms with Crippen LogP contribution in [0.3, 0.4) is 0 Å². The van der Waals surface area contributed by atoms with Gasteiger partial charge < -0.3 is 10.5 Å². The molecule has 2 N–H and O–H groups in total. The molecule has 5 nitrogen and oxygen atoms in total. The summed E-state index contributed by atoms with van der Waals surface area (Å²) in [5.41, 5.74) is 6.20. The Hall–Kier alpha value is -1.95. The summed E-state index contributed by atoms with van der Waals surface area (Å²) in [6, 6.07) is 4.28. The SMILES string of the molecule is Cc1ccc(F)c(Oc2nc(N)nc(Cl)n2)c1. The number of nitrogen functional groups attached to an aromatic ring is 1. The van der Waals surface area contributed by atoms with Crippen molar-refractivity contribution >= 4 is 17.5 Å². The molecule has 0 radical (unpaired) electrons.